The van der Waals surface area contributed by atoms with Crippen LogP contribution in [0.15, 0.2) is 70.2 Å². The number of hydrogen-bond donors (Lipinski definition) is 2. The third kappa shape index (κ3) is 7.13. The van der Waals surface area contributed by atoms with Crippen molar-refractivity contribution < 1.29 is 28.0 Å². The molecular weight excluding hydrogens is 692 g/mol. The number of aromatic nitrogens is 2. The number of anilines is 2. The Morgan fingerprint density at radius 3 is 2.76 bits per heavy atom. The fourth-order valence-corrected chi connectivity index (χ4v) is 9.58. The van der Waals surface area contributed by atoms with Gasteiger partial charge in [0.25, 0.3) is 5.91 Å². The quantitative estimate of drug-likeness (QED) is 0.311. The molecule has 2 N–H and O–H groups in total. The summed E-state index contributed by atoms with van der Waals surface area (Å²) in [5.41, 5.74) is 1.83. The number of urea groups is 1. The number of methoxy groups -OCH3 is 1. The topological polar surface area (TPSA) is 136 Å². The summed E-state index contributed by atoms with van der Waals surface area (Å²) >= 11 is 6.46. The van der Waals surface area contributed by atoms with Crippen LogP contribution >= 0.6 is 11.6 Å². The molecule has 4 aliphatic rings. The second-order valence-electron chi connectivity index (χ2n) is 14.6. The van der Waals surface area contributed by atoms with Crippen LogP contribution in [0, 0.1) is 11.8 Å². The van der Waals surface area contributed by atoms with Crippen molar-refractivity contribution in [1.82, 2.24) is 14.5 Å². The molecule has 1 fully saturated rings. The van der Waals surface area contributed by atoms with E-state index < -0.39 is 27.5 Å². The predicted molar refractivity (Wildman–Crippen MR) is 196 cm³/mol. The van der Waals surface area contributed by atoms with E-state index in [0.29, 0.717) is 37.1 Å². The van der Waals surface area contributed by atoms with Gasteiger partial charge in [-0.25, -0.2) is 13.7 Å². The van der Waals surface area contributed by atoms with Crippen LogP contribution in [0.25, 0.3) is 0 Å². The largest absolute Gasteiger partial charge is 0.490 e. The Kier molecular flexibility index (Phi) is 9.68. The van der Waals surface area contributed by atoms with Crippen molar-refractivity contribution >= 4 is 44.8 Å². The molecule has 3 aromatic rings. The highest BCUT2D eigenvalue weighted by molar-refractivity contribution is 7.92. The van der Waals surface area contributed by atoms with Gasteiger partial charge in [-0.3, -0.25) is 9.48 Å². The van der Waals surface area contributed by atoms with Crippen LogP contribution in [0.2, 0.25) is 5.02 Å². The van der Waals surface area contributed by atoms with E-state index in [1.165, 1.54) is 22.0 Å². The Morgan fingerprint density at radius 2 is 2.02 bits per heavy atom. The SMILES string of the molecule is CO[C@H]1/C=C/COC(C)(C)C(=O)N=S(=O)(NC(=O)Nc2cnn(C)c2)c2ccc3c(c2)N(C[C@@H]2CC[C@H]21)C[C@@]1(CCCc2cc(Cl)ccc21)CO3. The van der Waals surface area contributed by atoms with Crippen molar-refractivity contribution in [2.75, 3.05) is 43.6 Å². The lowest BCUT2D eigenvalue weighted by atomic mass is 9.68. The number of rotatable bonds is 3. The minimum absolute atomic E-state index is 0.120. The van der Waals surface area contributed by atoms with Gasteiger partial charge in [0.05, 0.1) is 41.8 Å². The van der Waals surface area contributed by atoms with Crippen LogP contribution in [-0.2, 0) is 43.1 Å². The van der Waals surface area contributed by atoms with Crippen molar-refractivity contribution in [2.45, 2.75) is 68.0 Å². The summed E-state index contributed by atoms with van der Waals surface area (Å²) in [4.78, 5) is 29.6. The highest BCUT2D eigenvalue weighted by atomic mass is 35.5. The van der Waals surface area contributed by atoms with E-state index in [1.54, 1.807) is 52.4 Å². The third-order valence-electron chi connectivity index (χ3n) is 10.7. The van der Waals surface area contributed by atoms with Crippen molar-refractivity contribution in [3.63, 3.8) is 0 Å². The van der Waals surface area contributed by atoms with E-state index in [2.05, 4.69) is 36.5 Å². The lowest BCUT2D eigenvalue weighted by Crippen LogP contribution is -2.49. The molecule has 12 nitrogen and oxygen atoms in total. The maximum Gasteiger partial charge on any atom is 0.332 e. The molecule has 1 unspecified atom stereocenters. The van der Waals surface area contributed by atoms with Gasteiger partial charge in [0, 0.05) is 43.9 Å². The summed E-state index contributed by atoms with van der Waals surface area (Å²) in [6.07, 6.45) is 11.7. The summed E-state index contributed by atoms with van der Waals surface area (Å²) in [5.74, 6) is 0.434. The maximum atomic E-state index is 15.0. The number of hydrogen-bond acceptors (Lipinski definition) is 8. The number of halogens is 1. The number of aryl methyl sites for hydroxylation is 2. The molecule has 14 heteroatoms. The first-order valence-corrected chi connectivity index (χ1v) is 19.3. The zero-order chi connectivity index (χ0) is 36.0. The highest BCUT2D eigenvalue weighted by Crippen LogP contribution is 2.47. The minimum Gasteiger partial charge on any atom is -0.490 e. The molecule has 2 bridgehead atoms. The first kappa shape index (κ1) is 35.5. The van der Waals surface area contributed by atoms with E-state index in [0.717, 1.165) is 42.8 Å². The molecule has 3 amide bonds. The van der Waals surface area contributed by atoms with Gasteiger partial charge in [-0.2, -0.15) is 5.10 Å². The molecule has 272 valence electrons. The fraction of sp³-hybridized carbons (Fsp3) is 0.486. The first-order chi connectivity index (χ1) is 24.4. The molecule has 5 atom stereocenters. The van der Waals surface area contributed by atoms with E-state index in [1.807, 2.05) is 18.2 Å². The van der Waals surface area contributed by atoms with E-state index in [9.17, 15) is 13.8 Å². The van der Waals surface area contributed by atoms with Gasteiger partial charge >= 0.3 is 6.03 Å². The molecule has 1 saturated carbocycles. The Hall–Kier alpha value is -3.91. The van der Waals surface area contributed by atoms with Gasteiger partial charge in [-0.1, -0.05) is 29.8 Å². The number of benzene rings is 2. The standard InChI is InChI=1S/C37H45ClN6O6S/c1-36(2)34(45)41-51(47,42-35(46)40-27-19-39-43(3)21-27)28-11-14-33-31(18-28)44(20-25-9-12-29(25)32(48-4)8-6-16-50-36)22-37(23-49-33)15-5-7-24-17-26(38)10-13-30(24)37/h6,8,10-11,13-14,17-19,21,25,29,32H,5,7,9,12,15-16,20,22-23H2,1-4H3,(H2,40,41,42,45,46,47)/b8-6+/t25-,29+,32-,37-,51?/m0/s1. The average Bonchev–Trinajstić information content (AvgIpc) is 3.42. The number of nitrogens with one attached hydrogen (secondary N) is 2. The van der Waals surface area contributed by atoms with E-state index in [-0.39, 0.29) is 28.9 Å². The van der Waals surface area contributed by atoms with Gasteiger partial charge in [0.2, 0.25) is 0 Å². The van der Waals surface area contributed by atoms with Crippen molar-refractivity contribution in [3.05, 3.63) is 77.1 Å². The molecule has 1 aromatic heterocycles. The summed E-state index contributed by atoms with van der Waals surface area (Å²) in [7, 11) is -0.460. The molecule has 51 heavy (non-hydrogen) atoms. The second-order valence-corrected chi connectivity index (χ2v) is 16.9. The van der Waals surface area contributed by atoms with Gasteiger partial charge < -0.3 is 24.4 Å². The lowest BCUT2D eigenvalue weighted by Gasteiger charge is -2.46. The molecule has 1 spiro atoms. The summed E-state index contributed by atoms with van der Waals surface area (Å²) in [5, 5.41) is 7.45. The molecule has 2 aliphatic heterocycles. The summed E-state index contributed by atoms with van der Waals surface area (Å²) < 4.78 is 41.9. The number of carbonyl (C=O) groups excluding carboxylic acids is 2. The van der Waals surface area contributed by atoms with E-state index in [4.69, 9.17) is 25.8 Å². The molecule has 3 heterocycles. The highest BCUT2D eigenvalue weighted by Gasteiger charge is 2.44. The Labute approximate surface area is 304 Å². The van der Waals surface area contributed by atoms with Crippen LogP contribution in [-0.4, -0.2) is 71.0 Å². The fourth-order valence-electron chi connectivity index (χ4n) is 7.84. The minimum atomic E-state index is -3.90. The third-order valence-corrected chi connectivity index (χ3v) is 12.8. The molecule has 2 aromatic carbocycles. The number of fused-ring (bicyclic) bond motifs is 4. The van der Waals surface area contributed by atoms with Crippen molar-refractivity contribution in [3.8, 4) is 5.75 Å². The van der Waals surface area contributed by atoms with Gasteiger partial charge in [-0.05, 0) is 99.2 Å². The van der Waals surface area contributed by atoms with Gasteiger partial charge in [-0.15, -0.1) is 4.36 Å². The molecule has 2 aliphatic carbocycles. The molecule has 0 radical (unpaired) electrons. The molecule has 7 rings (SSSR count). The van der Waals surface area contributed by atoms with Crippen LogP contribution < -0.4 is 19.7 Å². The van der Waals surface area contributed by atoms with Crippen molar-refractivity contribution in [1.29, 1.82) is 0 Å². The normalized spacial score (nSPS) is 29.3. The molecular formula is C37H45ClN6O6S. The Morgan fingerprint density at radius 1 is 1.18 bits per heavy atom. The zero-order valence-corrected chi connectivity index (χ0v) is 31.0. The van der Waals surface area contributed by atoms with Crippen molar-refractivity contribution in [2.24, 2.45) is 23.2 Å². The van der Waals surface area contributed by atoms with Crippen LogP contribution in [0.5, 0.6) is 5.75 Å². The number of ether oxygens (including phenoxy) is 3. The van der Waals surface area contributed by atoms with Crippen LogP contribution in [0.4, 0.5) is 16.2 Å². The average molecular weight is 737 g/mol. The van der Waals surface area contributed by atoms with Crippen LogP contribution in [0.1, 0.15) is 50.7 Å². The first-order valence-electron chi connectivity index (χ1n) is 17.4. The Bertz CT molecular complexity index is 1990. The number of amides is 3. The smallest absolute Gasteiger partial charge is 0.332 e. The van der Waals surface area contributed by atoms with Gasteiger partial charge in [0.1, 0.15) is 11.4 Å². The monoisotopic (exact) mass is 736 g/mol. The summed E-state index contributed by atoms with van der Waals surface area (Å²) in [6.45, 7) is 5.08. The maximum absolute atomic E-state index is 15.0. The second kappa shape index (κ2) is 13.9. The number of carbonyl (C=O) groups is 2. The zero-order valence-electron chi connectivity index (χ0n) is 29.4. The molecule has 0 saturated heterocycles. The number of nitrogens with zero attached hydrogens (tertiary/aromatic N) is 4. The van der Waals surface area contributed by atoms with E-state index >= 15 is 0 Å². The van der Waals surface area contributed by atoms with Crippen LogP contribution in [0.3, 0.4) is 0 Å². The Balaban J connectivity index is 1.35. The predicted octanol–water partition coefficient (Wildman–Crippen LogP) is 6.04. The summed E-state index contributed by atoms with van der Waals surface area (Å²) in [6, 6.07) is 10.5. The van der Waals surface area contributed by atoms with Gasteiger partial charge in [0.15, 0.2) is 9.92 Å². The lowest BCUT2D eigenvalue weighted by molar-refractivity contribution is -0.137.